The molecule has 0 aliphatic rings. The molecule has 0 aliphatic heterocycles. The summed E-state index contributed by atoms with van der Waals surface area (Å²) >= 11 is 4.35. The van der Waals surface area contributed by atoms with Crippen molar-refractivity contribution in [2.75, 3.05) is 24.2 Å². The molecule has 2 nitrogen and oxygen atoms in total. The highest BCUT2D eigenvalue weighted by Gasteiger charge is 2.07. The molecule has 3 rings (SSSR count). The number of pyridine rings is 1. The van der Waals surface area contributed by atoms with E-state index in [1.165, 1.54) is 27.6 Å². The number of benzene rings is 2. The molecule has 2 aromatic carbocycles. The first-order valence-electron chi connectivity index (χ1n) is 8.16. The first kappa shape index (κ1) is 16.6. The molecule has 0 N–H and O–H groups in total. The van der Waals surface area contributed by atoms with Gasteiger partial charge >= 0.3 is 0 Å². The third kappa shape index (κ3) is 3.62. The summed E-state index contributed by atoms with van der Waals surface area (Å²) in [5, 5.41) is 2.56. The second-order valence-electron chi connectivity index (χ2n) is 5.99. The van der Waals surface area contributed by atoms with Gasteiger partial charge in [0.25, 0.3) is 0 Å². The number of hydrogen-bond donors (Lipinski definition) is 1. The van der Waals surface area contributed by atoms with Crippen LogP contribution in [0.4, 0.5) is 5.69 Å². The number of nitrogens with zero attached hydrogens (tertiary/aromatic N) is 2. The Kier molecular flexibility index (Phi) is 5.21. The smallest absolute Gasteiger partial charge is 0.169 e. The Hall–Kier alpha value is -2.26. The topological polar surface area (TPSA) is 7.12 Å². The van der Waals surface area contributed by atoms with Crippen LogP contribution in [0.15, 0.2) is 60.9 Å². The van der Waals surface area contributed by atoms with Gasteiger partial charge in [0.2, 0.25) is 0 Å². The minimum atomic E-state index is 0.845. The Morgan fingerprint density at radius 1 is 0.958 bits per heavy atom. The molecule has 3 heteroatoms. The van der Waals surface area contributed by atoms with Crippen LogP contribution in [0.5, 0.6) is 0 Å². The van der Waals surface area contributed by atoms with Crippen LogP contribution in [0.1, 0.15) is 11.1 Å². The van der Waals surface area contributed by atoms with Gasteiger partial charge < -0.3 is 4.90 Å². The van der Waals surface area contributed by atoms with Crippen LogP contribution in [0, 0.1) is 0 Å². The molecule has 0 aliphatic carbocycles. The van der Waals surface area contributed by atoms with Gasteiger partial charge in [0.05, 0.1) is 0 Å². The summed E-state index contributed by atoms with van der Waals surface area (Å²) in [6, 6.07) is 17.2. The monoisotopic (exact) mass is 335 g/mol. The van der Waals surface area contributed by atoms with E-state index in [-0.39, 0.29) is 0 Å². The van der Waals surface area contributed by atoms with E-state index in [2.05, 4.69) is 97.7 Å². The van der Waals surface area contributed by atoms with Gasteiger partial charge in [0.1, 0.15) is 7.05 Å². The maximum absolute atomic E-state index is 4.35. The quantitative estimate of drug-likeness (QED) is 0.542. The number of anilines is 1. The zero-order chi connectivity index (χ0) is 16.9. The number of hydrogen-bond acceptors (Lipinski definition) is 2. The zero-order valence-corrected chi connectivity index (χ0v) is 15.1. The van der Waals surface area contributed by atoms with E-state index in [9.17, 15) is 0 Å². The van der Waals surface area contributed by atoms with Gasteiger partial charge in [-0.15, -0.1) is 0 Å². The van der Waals surface area contributed by atoms with Crippen molar-refractivity contribution in [2.45, 2.75) is 0 Å². The van der Waals surface area contributed by atoms with Gasteiger partial charge in [-0.05, 0) is 22.6 Å². The summed E-state index contributed by atoms with van der Waals surface area (Å²) in [5.74, 6) is 0.845. The van der Waals surface area contributed by atoms with E-state index in [0.29, 0.717) is 0 Å². The molecular formula is C21H23N2S+. The highest BCUT2D eigenvalue weighted by Crippen LogP contribution is 2.30. The van der Waals surface area contributed by atoms with Crippen LogP contribution in [-0.2, 0) is 7.05 Å². The molecule has 0 spiro atoms. The van der Waals surface area contributed by atoms with E-state index in [0.717, 1.165) is 12.3 Å². The number of fused-ring (bicyclic) bond motifs is 1. The summed E-state index contributed by atoms with van der Waals surface area (Å²) in [7, 11) is 4.15. The molecule has 0 atom stereocenters. The summed E-state index contributed by atoms with van der Waals surface area (Å²) in [6.45, 7) is 0.934. The molecular weight excluding hydrogens is 312 g/mol. The van der Waals surface area contributed by atoms with Crippen molar-refractivity contribution in [1.82, 2.24) is 0 Å². The maximum Gasteiger partial charge on any atom is 0.169 e. The minimum Gasteiger partial charge on any atom is -0.373 e. The van der Waals surface area contributed by atoms with Crippen molar-refractivity contribution < 1.29 is 4.57 Å². The Labute approximate surface area is 149 Å². The van der Waals surface area contributed by atoms with Crippen molar-refractivity contribution in [3.05, 3.63) is 72.1 Å². The van der Waals surface area contributed by atoms with E-state index < -0.39 is 0 Å². The van der Waals surface area contributed by atoms with E-state index >= 15 is 0 Å². The molecule has 0 saturated carbocycles. The average molecular weight is 335 g/mol. The van der Waals surface area contributed by atoms with Crippen LogP contribution in [0.25, 0.3) is 22.9 Å². The van der Waals surface area contributed by atoms with Gasteiger partial charge in [-0.3, -0.25) is 0 Å². The van der Waals surface area contributed by atoms with Crippen LogP contribution < -0.4 is 9.47 Å². The van der Waals surface area contributed by atoms with Crippen molar-refractivity contribution in [3.63, 3.8) is 0 Å². The minimum absolute atomic E-state index is 0.845. The number of aryl methyl sites for hydroxylation is 1. The van der Waals surface area contributed by atoms with Crippen LogP contribution in [0.2, 0.25) is 0 Å². The molecule has 0 fully saturated rings. The number of thiol groups is 1. The van der Waals surface area contributed by atoms with E-state index in [1.54, 1.807) is 0 Å². The highest BCUT2D eigenvalue weighted by atomic mass is 32.1. The van der Waals surface area contributed by atoms with Crippen molar-refractivity contribution in [3.8, 4) is 0 Å². The van der Waals surface area contributed by atoms with Crippen molar-refractivity contribution in [2.24, 2.45) is 7.05 Å². The lowest BCUT2D eigenvalue weighted by atomic mass is 10.0. The first-order chi connectivity index (χ1) is 11.7. The molecule has 1 aromatic heterocycles. The standard InChI is InChI=1S/C21H22N2S/c1-22-13-11-17(12-14-22)7-8-18-9-10-21(23(2)15-16-24)20-6-4-3-5-19(18)20/h3-14H,15-16H2,1-2H3/p+1. The second kappa shape index (κ2) is 7.54. The van der Waals surface area contributed by atoms with Crippen molar-refractivity contribution in [1.29, 1.82) is 0 Å². The predicted molar refractivity (Wildman–Crippen MR) is 108 cm³/mol. The average Bonchev–Trinajstić information content (AvgIpc) is 2.61. The fourth-order valence-corrected chi connectivity index (χ4v) is 3.16. The van der Waals surface area contributed by atoms with Crippen LogP contribution in [0.3, 0.4) is 0 Å². The molecule has 0 saturated heterocycles. The third-order valence-corrected chi connectivity index (χ3v) is 4.44. The zero-order valence-electron chi connectivity index (χ0n) is 14.2. The fourth-order valence-electron chi connectivity index (χ4n) is 2.86. The second-order valence-corrected chi connectivity index (χ2v) is 6.44. The van der Waals surface area contributed by atoms with Gasteiger partial charge in [-0.1, -0.05) is 42.5 Å². The van der Waals surface area contributed by atoms with Gasteiger partial charge in [0.15, 0.2) is 12.4 Å². The number of rotatable bonds is 5. The SMILES string of the molecule is CN(CCS)c1ccc(/C=C/c2cc[n+](C)cc2)c2ccccc12. The summed E-state index contributed by atoms with van der Waals surface area (Å²) in [4.78, 5) is 2.26. The van der Waals surface area contributed by atoms with Gasteiger partial charge in [-0.25, -0.2) is 4.57 Å². The van der Waals surface area contributed by atoms with Gasteiger partial charge in [-0.2, -0.15) is 12.6 Å². The highest BCUT2D eigenvalue weighted by molar-refractivity contribution is 7.80. The normalized spacial score (nSPS) is 11.3. The molecule has 24 heavy (non-hydrogen) atoms. The maximum atomic E-state index is 4.35. The Balaban J connectivity index is 2.00. The lowest BCUT2D eigenvalue weighted by Gasteiger charge is -2.21. The van der Waals surface area contributed by atoms with Crippen molar-refractivity contribution >= 4 is 41.2 Å². The lowest BCUT2D eigenvalue weighted by molar-refractivity contribution is -0.671. The van der Waals surface area contributed by atoms with E-state index in [1.807, 2.05) is 11.6 Å². The summed E-state index contributed by atoms with van der Waals surface area (Å²) in [6.07, 6.45) is 8.49. The number of aromatic nitrogens is 1. The first-order valence-corrected chi connectivity index (χ1v) is 8.79. The third-order valence-electron chi connectivity index (χ3n) is 4.24. The Bertz CT molecular complexity index is 853. The van der Waals surface area contributed by atoms with Crippen LogP contribution in [-0.4, -0.2) is 19.3 Å². The molecule has 0 radical (unpaired) electrons. The molecule has 0 unspecified atom stereocenters. The summed E-state index contributed by atoms with van der Waals surface area (Å²) in [5.41, 5.74) is 3.69. The molecule has 1 heterocycles. The molecule has 0 amide bonds. The summed E-state index contributed by atoms with van der Waals surface area (Å²) < 4.78 is 2.04. The van der Waals surface area contributed by atoms with Crippen LogP contribution >= 0.6 is 12.6 Å². The predicted octanol–water partition coefficient (Wildman–Crippen LogP) is 4.20. The van der Waals surface area contributed by atoms with Gasteiger partial charge in [0, 0.05) is 42.6 Å². The molecule has 122 valence electrons. The molecule has 3 aromatic rings. The fraction of sp³-hybridized carbons (Fsp3) is 0.190. The Morgan fingerprint density at radius 3 is 2.38 bits per heavy atom. The molecule has 0 bridgehead atoms. The Morgan fingerprint density at radius 2 is 1.67 bits per heavy atom. The lowest BCUT2D eigenvalue weighted by Crippen LogP contribution is -2.25. The van der Waals surface area contributed by atoms with E-state index in [4.69, 9.17) is 0 Å². The largest absolute Gasteiger partial charge is 0.373 e.